The van der Waals surface area contributed by atoms with E-state index in [-0.39, 0.29) is 24.4 Å². The summed E-state index contributed by atoms with van der Waals surface area (Å²) in [6.07, 6.45) is -0.0369. The third-order valence-corrected chi connectivity index (χ3v) is 3.25. The number of aliphatic carboxylic acids is 1. The Morgan fingerprint density at radius 2 is 2.06 bits per heavy atom. The SMILES string of the molecule is CC1NNC(c2ccc(F)c(F)c2)C1CC(=O)O. The highest BCUT2D eigenvalue weighted by Crippen LogP contribution is 2.31. The van der Waals surface area contributed by atoms with E-state index in [0.29, 0.717) is 5.56 Å². The highest BCUT2D eigenvalue weighted by Gasteiger charge is 2.35. The van der Waals surface area contributed by atoms with Gasteiger partial charge in [-0.2, -0.15) is 0 Å². The Morgan fingerprint density at radius 3 is 2.67 bits per heavy atom. The molecule has 2 rings (SSSR count). The first kappa shape index (κ1) is 12.9. The number of carboxylic acid groups (broad SMARTS) is 1. The number of hydrogen-bond donors (Lipinski definition) is 3. The zero-order valence-corrected chi connectivity index (χ0v) is 9.78. The number of hydrogen-bond acceptors (Lipinski definition) is 3. The van der Waals surface area contributed by atoms with E-state index in [0.717, 1.165) is 12.1 Å². The van der Waals surface area contributed by atoms with Crippen molar-refractivity contribution in [2.24, 2.45) is 5.92 Å². The van der Waals surface area contributed by atoms with Gasteiger partial charge in [-0.15, -0.1) is 0 Å². The molecular weight excluding hydrogens is 242 g/mol. The molecule has 1 saturated heterocycles. The van der Waals surface area contributed by atoms with Crippen molar-refractivity contribution in [1.82, 2.24) is 10.9 Å². The van der Waals surface area contributed by atoms with Gasteiger partial charge in [-0.05, 0) is 24.6 Å². The first-order valence-corrected chi connectivity index (χ1v) is 5.67. The summed E-state index contributed by atoms with van der Waals surface area (Å²) in [5.74, 6) is -2.97. The molecule has 1 aromatic carbocycles. The maximum Gasteiger partial charge on any atom is 0.303 e. The van der Waals surface area contributed by atoms with Crippen LogP contribution < -0.4 is 10.9 Å². The van der Waals surface area contributed by atoms with Crippen LogP contribution in [0.25, 0.3) is 0 Å². The number of hydrazine groups is 1. The Hall–Kier alpha value is -1.53. The van der Waals surface area contributed by atoms with Gasteiger partial charge in [0.1, 0.15) is 0 Å². The third-order valence-electron chi connectivity index (χ3n) is 3.25. The molecule has 6 heteroatoms. The highest BCUT2D eigenvalue weighted by atomic mass is 19.2. The number of rotatable bonds is 3. The predicted octanol–water partition coefficient (Wildman–Crippen LogP) is 1.59. The van der Waals surface area contributed by atoms with Crippen molar-refractivity contribution < 1.29 is 18.7 Å². The van der Waals surface area contributed by atoms with Crippen molar-refractivity contribution in [3.8, 4) is 0 Å². The van der Waals surface area contributed by atoms with Crippen LogP contribution >= 0.6 is 0 Å². The number of nitrogens with one attached hydrogen (secondary N) is 2. The molecule has 1 aromatic rings. The van der Waals surface area contributed by atoms with Crippen LogP contribution in [0.5, 0.6) is 0 Å². The standard InChI is InChI=1S/C12H14F2N2O2/c1-6-8(5-11(17)18)12(16-15-6)7-2-3-9(13)10(14)4-7/h2-4,6,8,12,15-16H,5H2,1H3,(H,17,18). The van der Waals surface area contributed by atoms with Crippen LogP contribution in [-0.2, 0) is 4.79 Å². The number of carboxylic acids is 1. The van der Waals surface area contributed by atoms with Crippen LogP contribution in [0, 0.1) is 17.6 Å². The zero-order chi connectivity index (χ0) is 13.3. The van der Waals surface area contributed by atoms with Gasteiger partial charge < -0.3 is 5.11 Å². The van der Waals surface area contributed by atoms with Gasteiger partial charge in [0.05, 0.1) is 12.5 Å². The molecule has 1 aliphatic rings. The summed E-state index contributed by atoms with van der Waals surface area (Å²) in [5, 5.41) is 8.87. The fraction of sp³-hybridized carbons (Fsp3) is 0.417. The summed E-state index contributed by atoms with van der Waals surface area (Å²) in [6.45, 7) is 1.85. The van der Waals surface area contributed by atoms with Gasteiger partial charge in [0.25, 0.3) is 0 Å². The molecule has 3 atom stereocenters. The van der Waals surface area contributed by atoms with Crippen LogP contribution in [0.1, 0.15) is 24.9 Å². The van der Waals surface area contributed by atoms with Gasteiger partial charge in [-0.25, -0.2) is 14.2 Å². The minimum Gasteiger partial charge on any atom is -0.481 e. The van der Waals surface area contributed by atoms with Crippen molar-refractivity contribution in [3.63, 3.8) is 0 Å². The van der Waals surface area contributed by atoms with E-state index in [1.807, 2.05) is 6.92 Å². The fourth-order valence-corrected chi connectivity index (χ4v) is 2.26. The first-order valence-electron chi connectivity index (χ1n) is 5.67. The van der Waals surface area contributed by atoms with E-state index in [9.17, 15) is 13.6 Å². The molecule has 0 bridgehead atoms. The van der Waals surface area contributed by atoms with E-state index in [2.05, 4.69) is 10.9 Å². The van der Waals surface area contributed by atoms with Crippen molar-refractivity contribution in [1.29, 1.82) is 0 Å². The predicted molar refractivity (Wildman–Crippen MR) is 60.6 cm³/mol. The normalized spacial score (nSPS) is 27.4. The Labute approximate surface area is 103 Å². The summed E-state index contributed by atoms with van der Waals surface area (Å²) >= 11 is 0. The smallest absolute Gasteiger partial charge is 0.303 e. The largest absolute Gasteiger partial charge is 0.481 e. The summed E-state index contributed by atoms with van der Waals surface area (Å²) < 4.78 is 26.0. The van der Waals surface area contributed by atoms with Gasteiger partial charge >= 0.3 is 5.97 Å². The molecule has 0 aliphatic carbocycles. The van der Waals surface area contributed by atoms with Crippen LogP contribution in [0.3, 0.4) is 0 Å². The van der Waals surface area contributed by atoms with E-state index < -0.39 is 17.6 Å². The van der Waals surface area contributed by atoms with E-state index in [4.69, 9.17) is 5.11 Å². The lowest BCUT2D eigenvalue weighted by Crippen LogP contribution is -2.29. The van der Waals surface area contributed by atoms with Crippen LogP contribution in [-0.4, -0.2) is 17.1 Å². The molecule has 0 amide bonds. The molecule has 18 heavy (non-hydrogen) atoms. The Kier molecular flexibility index (Phi) is 3.58. The summed E-state index contributed by atoms with van der Waals surface area (Å²) in [7, 11) is 0. The monoisotopic (exact) mass is 256 g/mol. The van der Waals surface area contributed by atoms with Gasteiger partial charge in [-0.3, -0.25) is 10.2 Å². The molecule has 0 spiro atoms. The lowest BCUT2D eigenvalue weighted by molar-refractivity contribution is -0.138. The Bertz CT molecular complexity index is 467. The zero-order valence-electron chi connectivity index (χ0n) is 9.78. The molecule has 0 radical (unpaired) electrons. The summed E-state index contributed by atoms with van der Waals surface area (Å²) in [6, 6.07) is 3.21. The summed E-state index contributed by atoms with van der Waals surface area (Å²) in [4.78, 5) is 10.8. The topological polar surface area (TPSA) is 61.4 Å². The van der Waals surface area contributed by atoms with Crippen molar-refractivity contribution in [2.45, 2.75) is 25.4 Å². The van der Waals surface area contributed by atoms with E-state index in [1.165, 1.54) is 6.07 Å². The summed E-state index contributed by atoms with van der Waals surface area (Å²) in [5.41, 5.74) is 6.39. The maximum absolute atomic E-state index is 13.2. The second-order valence-corrected chi connectivity index (χ2v) is 4.49. The number of benzene rings is 1. The molecule has 0 saturated carbocycles. The minimum atomic E-state index is -0.928. The van der Waals surface area contributed by atoms with Gasteiger partial charge in [-0.1, -0.05) is 6.07 Å². The minimum absolute atomic E-state index is 0.0369. The number of halogens is 2. The molecule has 98 valence electrons. The van der Waals surface area contributed by atoms with Gasteiger partial charge in [0.2, 0.25) is 0 Å². The van der Waals surface area contributed by atoms with E-state index in [1.54, 1.807) is 0 Å². The Balaban J connectivity index is 2.25. The third kappa shape index (κ3) is 2.49. The highest BCUT2D eigenvalue weighted by molar-refractivity contribution is 5.67. The average Bonchev–Trinajstić information content (AvgIpc) is 2.64. The van der Waals surface area contributed by atoms with Crippen molar-refractivity contribution in [3.05, 3.63) is 35.4 Å². The lowest BCUT2D eigenvalue weighted by Gasteiger charge is -2.19. The molecule has 1 heterocycles. The quantitative estimate of drug-likeness (QED) is 0.768. The molecule has 3 N–H and O–H groups in total. The molecule has 0 aromatic heterocycles. The molecule has 1 fully saturated rings. The first-order chi connectivity index (χ1) is 8.49. The van der Waals surface area contributed by atoms with Crippen LogP contribution in [0.2, 0.25) is 0 Å². The fourth-order valence-electron chi connectivity index (χ4n) is 2.26. The molecular formula is C12H14F2N2O2. The molecule has 1 aliphatic heterocycles. The second-order valence-electron chi connectivity index (χ2n) is 4.49. The van der Waals surface area contributed by atoms with E-state index >= 15 is 0 Å². The van der Waals surface area contributed by atoms with Crippen molar-refractivity contribution >= 4 is 5.97 Å². The van der Waals surface area contributed by atoms with Crippen molar-refractivity contribution in [2.75, 3.05) is 0 Å². The second kappa shape index (κ2) is 4.99. The van der Waals surface area contributed by atoms with Gasteiger partial charge in [0.15, 0.2) is 11.6 Å². The molecule has 4 nitrogen and oxygen atoms in total. The van der Waals surface area contributed by atoms with Crippen LogP contribution in [0.4, 0.5) is 8.78 Å². The lowest BCUT2D eigenvalue weighted by atomic mass is 9.87. The number of carbonyl (C=O) groups is 1. The molecule has 3 unspecified atom stereocenters. The maximum atomic E-state index is 13.2. The van der Waals surface area contributed by atoms with Gasteiger partial charge in [0, 0.05) is 12.0 Å². The van der Waals surface area contributed by atoms with Crippen LogP contribution in [0.15, 0.2) is 18.2 Å². The average molecular weight is 256 g/mol. The Morgan fingerprint density at radius 1 is 1.33 bits per heavy atom.